The molecule has 2 rings (SSSR count). The van der Waals surface area contributed by atoms with Crippen molar-refractivity contribution in [1.29, 1.82) is 0 Å². The van der Waals surface area contributed by atoms with Crippen molar-refractivity contribution in [1.82, 2.24) is 0 Å². The molecule has 0 bridgehead atoms. The van der Waals surface area contributed by atoms with Crippen molar-refractivity contribution in [2.24, 2.45) is 0 Å². The van der Waals surface area contributed by atoms with Crippen LogP contribution in [0.25, 0.3) is 0 Å². The molecule has 198 valence electrons. The fourth-order valence-corrected chi connectivity index (χ4v) is 3.73. The predicted octanol–water partition coefficient (Wildman–Crippen LogP) is 7.54. The minimum absolute atomic E-state index is 0.357. The average Bonchev–Trinajstić information content (AvgIpc) is 2.89. The van der Waals surface area contributed by atoms with E-state index in [1.165, 1.54) is 57.8 Å². The zero-order valence-corrected chi connectivity index (χ0v) is 22.1. The lowest BCUT2D eigenvalue weighted by atomic mass is 10.1. The summed E-state index contributed by atoms with van der Waals surface area (Å²) in [6.07, 6.45) is 12.3. The van der Waals surface area contributed by atoms with Gasteiger partial charge in [0.2, 0.25) is 0 Å². The van der Waals surface area contributed by atoms with Gasteiger partial charge in [0.1, 0.15) is 17.2 Å². The molecule has 0 spiro atoms. The highest BCUT2D eigenvalue weighted by Gasteiger charge is 2.15. The average molecular weight is 499 g/mol. The van der Waals surface area contributed by atoms with E-state index in [-0.39, 0.29) is 0 Å². The second-order valence-electron chi connectivity index (χ2n) is 8.93. The third-order valence-corrected chi connectivity index (χ3v) is 5.86. The van der Waals surface area contributed by atoms with Crippen LogP contribution in [0.1, 0.15) is 95.3 Å². The second kappa shape index (κ2) is 17.6. The number of rotatable bonds is 18. The first kappa shape index (κ1) is 29.4. The minimum Gasteiger partial charge on any atom is -0.494 e. The van der Waals surface area contributed by atoms with E-state index in [2.05, 4.69) is 6.92 Å². The zero-order valence-electron chi connectivity index (χ0n) is 22.1. The molecule has 0 radical (unpaired) electrons. The Bertz CT molecular complexity index is 875. The van der Waals surface area contributed by atoms with Crippen molar-refractivity contribution < 1.29 is 28.5 Å². The first-order valence-electron chi connectivity index (χ1n) is 13.4. The lowest BCUT2D eigenvalue weighted by molar-refractivity contribution is -0.145. The lowest BCUT2D eigenvalue weighted by Gasteiger charge is -2.11. The SMILES string of the molecule is CCCCCCCCCCCCOc1ccc(C(=O)Oc2ccc(OC(=O)[C@H](C)OCC)cc2)cc1. The van der Waals surface area contributed by atoms with E-state index in [1.54, 1.807) is 55.5 Å². The quantitative estimate of drug-likeness (QED) is 0.120. The van der Waals surface area contributed by atoms with Crippen molar-refractivity contribution in [3.8, 4) is 17.2 Å². The van der Waals surface area contributed by atoms with E-state index in [4.69, 9.17) is 18.9 Å². The summed E-state index contributed by atoms with van der Waals surface area (Å²) in [5.74, 6) is 0.521. The molecule has 0 saturated heterocycles. The van der Waals surface area contributed by atoms with E-state index in [1.807, 2.05) is 6.92 Å². The van der Waals surface area contributed by atoms with Gasteiger partial charge in [-0.3, -0.25) is 0 Å². The van der Waals surface area contributed by atoms with Crippen LogP contribution in [0.2, 0.25) is 0 Å². The maximum absolute atomic E-state index is 12.4. The summed E-state index contributed by atoms with van der Waals surface area (Å²) in [6, 6.07) is 13.3. The van der Waals surface area contributed by atoms with Crippen LogP contribution in [0.3, 0.4) is 0 Å². The van der Waals surface area contributed by atoms with E-state index in [0.717, 1.165) is 12.2 Å². The second-order valence-corrected chi connectivity index (χ2v) is 8.93. The molecule has 0 unspecified atom stereocenters. The van der Waals surface area contributed by atoms with Crippen LogP contribution in [0, 0.1) is 0 Å². The van der Waals surface area contributed by atoms with Crippen LogP contribution in [0.15, 0.2) is 48.5 Å². The maximum atomic E-state index is 12.4. The molecule has 1 atom stereocenters. The Morgan fingerprint density at radius 1 is 0.667 bits per heavy atom. The van der Waals surface area contributed by atoms with Gasteiger partial charge in [0, 0.05) is 6.61 Å². The van der Waals surface area contributed by atoms with Crippen molar-refractivity contribution >= 4 is 11.9 Å². The summed E-state index contributed by atoms with van der Waals surface area (Å²) in [5.41, 5.74) is 0.433. The summed E-state index contributed by atoms with van der Waals surface area (Å²) in [6.45, 7) is 6.81. The molecular weight excluding hydrogens is 456 g/mol. The molecule has 0 aliphatic rings. The standard InChI is InChI=1S/C30H42O6/c1-4-6-7-8-9-10-11-12-13-14-23-34-26-17-15-25(16-18-26)30(32)36-28-21-19-27(20-22-28)35-29(31)24(3)33-5-2/h15-22,24H,4-14,23H2,1-3H3/t24-/m0/s1. The highest BCUT2D eigenvalue weighted by atomic mass is 16.6. The third kappa shape index (κ3) is 11.7. The van der Waals surface area contributed by atoms with E-state index in [0.29, 0.717) is 30.3 Å². The Kier molecular flexibility index (Phi) is 14.3. The van der Waals surface area contributed by atoms with Gasteiger partial charge in [-0.05, 0) is 68.8 Å². The molecular formula is C30H42O6. The number of hydrogen-bond acceptors (Lipinski definition) is 6. The molecule has 2 aromatic rings. The van der Waals surface area contributed by atoms with E-state index >= 15 is 0 Å². The number of benzene rings is 2. The Labute approximate surface area is 216 Å². The molecule has 0 N–H and O–H groups in total. The monoisotopic (exact) mass is 498 g/mol. The third-order valence-electron chi connectivity index (χ3n) is 5.86. The van der Waals surface area contributed by atoms with Crippen LogP contribution in [-0.2, 0) is 9.53 Å². The van der Waals surface area contributed by atoms with Gasteiger partial charge >= 0.3 is 11.9 Å². The van der Waals surface area contributed by atoms with Crippen LogP contribution in [0.4, 0.5) is 0 Å². The van der Waals surface area contributed by atoms with Gasteiger partial charge in [-0.15, -0.1) is 0 Å². The molecule has 6 heteroatoms. The van der Waals surface area contributed by atoms with Crippen LogP contribution in [0.5, 0.6) is 17.2 Å². The lowest BCUT2D eigenvalue weighted by Crippen LogP contribution is -2.25. The normalized spacial score (nSPS) is 11.6. The first-order chi connectivity index (χ1) is 17.5. The number of esters is 2. The fourth-order valence-electron chi connectivity index (χ4n) is 3.73. The van der Waals surface area contributed by atoms with E-state index < -0.39 is 18.0 Å². The highest BCUT2D eigenvalue weighted by molar-refractivity contribution is 5.91. The minimum atomic E-state index is -0.644. The number of ether oxygens (including phenoxy) is 4. The molecule has 36 heavy (non-hydrogen) atoms. The molecule has 2 aromatic carbocycles. The number of hydrogen-bond donors (Lipinski definition) is 0. The summed E-state index contributed by atoms with van der Waals surface area (Å²) >= 11 is 0. The molecule has 6 nitrogen and oxygen atoms in total. The molecule has 0 aliphatic heterocycles. The first-order valence-corrected chi connectivity index (χ1v) is 13.4. The van der Waals surface area contributed by atoms with Crippen molar-refractivity contribution in [2.75, 3.05) is 13.2 Å². The van der Waals surface area contributed by atoms with Gasteiger partial charge in [0.05, 0.1) is 12.2 Å². The Hall–Kier alpha value is -2.86. The molecule has 0 saturated carbocycles. The molecule has 0 fully saturated rings. The van der Waals surface area contributed by atoms with Crippen LogP contribution < -0.4 is 14.2 Å². The van der Waals surface area contributed by atoms with Gasteiger partial charge in [-0.2, -0.15) is 0 Å². The smallest absolute Gasteiger partial charge is 0.343 e. The maximum Gasteiger partial charge on any atom is 0.343 e. The molecule has 0 heterocycles. The van der Waals surface area contributed by atoms with Gasteiger partial charge in [0.25, 0.3) is 0 Å². The van der Waals surface area contributed by atoms with Crippen molar-refractivity contribution in [3.05, 3.63) is 54.1 Å². The largest absolute Gasteiger partial charge is 0.494 e. The molecule has 0 aromatic heterocycles. The number of carbonyl (C=O) groups is 2. The fraction of sp³-hybridized carbons (Fsp3) is 0.533. The highest BCUT2D eigenvalue weighted by Crippen LogP contribution is 2.20. The Morgan fingerprint density at radius 3 is 1.72 bits per heavy atom. The van der Waals surface area contributed by atoms with Crippen LogP contribution in [-0.4, -0.2) is 31.3 Å². The van der Waals surface area contributed by atoms with E-state index in [9.17, 15) is 9.59 Å². The molecule has 0 aliphatic carbocycles. The van der Waals surface area contributed by atoms with Crippen molar-refractivity contribution in [3.63, 3.8) is 0 Å². The Balaban J connectivity index is 1.64. The summed E-state index contributed by atoms with van der Waals surface area (Å²) in [7, 11) is 0. The number of unbranched alkanes of at least 4 members (excludes halogenated alkanes) is 9. The zero-order chi connectivity index (χ0) is 26.0. The van der Waals surface area contributed by atoms with Gasteiger partial charge in [-0.1, -0.05) is 64.7 Å². The van der Waals surface area contributed by atoms with Gasteiger partial charge in [0.15, 0.2) is 6.10 Å². The topological polar surface area (TPSA) is 71.1 Å². The number of carbonyl (C=O) groups excluding carboxylic acids is 2. The van der Waals surface area contributed by atoms with Crippen LogP contribution >= 0.6 is 0 Å². The Morgan fingerprint density at radius 2 is 1.17 bits per heavy atom. The predicted molar refractivity (Wildman–Crippen MR) is 142 cm³/mol. The van der Waals surface area contributed by atoms with Crippen molar-refractivity contribution in [2.45, 2.75) is 91.1 Å². The molecule has 0 amide bonds. The summed E-state index contributed by atoms with van der Waals surface area (Å²) < 4.78 is 21.7. The van der Waals surface area contributed by atoms with Gasteiger partial charge < -0.3 is 18.9 Å². The summed E-state index contributed by atoms with van der Waals surface area (Å²) in [5, 5.41) is 0. The van der Waals surface area contributed by atoms with Gasteiger partial charge in [-0.25, -0.2) is 9.59 Å². The summed E-state index contributed by atoms with van der Waals surface area (Å²) in [4.78, 5) is 24.4.